The lowest BCUT2D eigenvalue weighted by Gasteiger charge is -2.17. The number of hydrogen-bond donors (Lipinski definition) is 3. The molecule has 1 aromatic heterocycles. The lowest BCUT2D eigenvalue weighted by molar-refractivity contribution is 0.530. The number of hydrazine groups is 1. The summed E-state index contributed by atoms with van der Waals surface area (Å²) < 4.78 is 26.4. The van der Waals surface area contributed by atoms with E-state index >= 15 is 0 Å². The van der Waals surface area contributed by atoms with E-state index in [4.69, 9.17) is 11.6 Å². The molecule has 2 aromatic rings. The van der Waals surface area contributed by atoms with Crippen LogP contribution in [0.5, 0.6) is 0 Å². The molecule has 0 aliphatic carbocycles. The molecule has 4 nitrogen and oxygen atoms in total. The number of halogens is 2. The Hall–Kier alpha value is -2.05. The quantitative estimate of drug-likeness (QED) is 0.580. The Labute approximate surface area is 109 Å². The number of benzene rings is 1. The van der Waals surface area contributed by atoms with Gasteiger partial charge in [-0.25, -0.2) is 13.8 Å². The summed E-state index contributed by atoms with van der Waals surface area (Å²) >= 11 is 0. The fraction of sp³-hybridized carbons (Fsp3) is 0.154. The molecule has 6 heteroatoms. The van der Waals surface area contributed by atoms with Gasteiger partial charge in [0.25, 0.3) is 0 Å². The third-order valence-corrected chi connectivity index (χ3v) is 2.84. The standard InChI is InChI=1S/C13H14F2N4/c14-10-4-9(5-11(15)7-10)12(19-17)6-8-2-1-3-18-13(8)16/h1-5,7,12,19H,6,17H2,(H2,16,18). The zero-order valence-corrected chi connectivity index (χ0v) is 10.1. The van der Waals surface area contributed by atoms with Crippen molar-refractivity contribution < 1.29 is 8.78 Å². The molecule has 1 aromatic carbocycles. The Morgan fingerprint density at radius 3 is 2.47 bits per heavy atom. The van der Waals surface area contributed by atoms with Crippen molar-refractivity contribution in [2.24, 2.45) is 5.84 Å². The van der Waals surface area contributed by atoms with Crippen LogP contribution >= 0.6 is 0 Å². The van der Waals surface area contributed by atoms with Gasteiger partial charge in [0.15, 0.2) is 0 Å². The van der Waals surface area contributed by atoms with Crippen LogP contribution in [0.4, 0.5) is 14.6 Å². The maximum atomic E-state index is 13.2. The van der Waals surface area contributed by atoms with Crippen LogP contribution in [-0.4, -0.2) is 4.98 Å². The minimum Gasteiger partial charge on any atom is -0.383 e. The van der Waals surface area contributed by atoms with Crippen LogP contribution in [0.3, 0.4) is 0 Å². The summed E-state index contributed by atoms with van der Waals surface area (Å²) in [7, 11) is 0. The van der Waals surface area contributed by atoms with Crippen LogP contribution in [-0.2, 0) is 6.42 Å². The number of hydrogen-bond acceptors (Lipinski definition) is 4. The molecule has 1 atom stereocenters. The van der Waals surface area contributed by atoms with Gasteiger partial charge in [-0.05, 0) is 35.7 Å². The second-order valence-corrected chi connectivity index (χ2v) is 4.17. The van der Waals surface area contributed by atoms with Gasteiger partial charge in [0.2, 0.25) is 0 Å². The molecular formula is C13H14F2N4. The molecule has 1 unspecified atom stereocenters. The number of rotatable bonds is 4. The summed E-state index contributed by atoms with van der Waals surface area (Å²) in [6, 6.07) is 6.38. The number of nitrogens with one attached hydrogen (secondary N) is 1. The minimum atomic E-state index is -0.644. The van der Waals surface area contributed by atoms with Crippen LogP contribution in [0.15, 0.2) is 36.5 Å². The van der Waals surface area contributed by atoms with E-state index < -0.39 is 17.7 Å². The van der Waals surface area contributed by atoms with Crippen molar-refractivity contribution in [1.82, 2.24) is 10.4 Å². The minimum absolute atomic E-state index is 0.375. The molecule has 0 saturated heterocycles. The Bertz CT molecular complexity index is 554. The Kier molecular flexibility index (Phi) is 4.03. The average molecular weight is 264 g/mol. The largest absolute Gasteiger partial charge is 0.383 e. The molecule has 0 amide bonds. The second kappa shape index (κ2) is 5.73. The Morgan fingerprint density at radius 1 is 1.21 bits per heavy atom. The zero-order chi connectivity index (χ0) is 13.8. The first kappa shape index (κ1) is 13.4. The highest BCUT2D eigenvalue weighted by molar-refractivity contribution is 5.39. The average Bonchev–Trinajstić information content (AvgIpc) is 2.36. The van der Waals surface area contributed by atoms with E-state index in [-0.39, 0.29) is 0 Å². The molecule has 100 valence electrons. The van der Waals surface area contributed by atoms with E-state index in [0.717, 1.165) is 11.6 Å². The van der Waals surface area contributed by atoms with E-state index in [1.165, 1.54) is 12.1 Å². The van der Waals surface area contributed by atoms with E-state index in [1.54, 1.807) is 18.3 Å². The number of anilines is 1. The summed E-state index contributed by atoms with van der Waals surface area (Å²) in [4.78, 5) is 3.96. The molecule has 19 heavy (non-hydrogen) atoms. The van der Waals surface area contributed by atoms with Crippen LogP contribution in [0.2, 0.25) is 0 Å². The molecule has 1 heterocycles. The molecule has 0 aliphatic heterocycles. The Balaban J connectivity index is 2.28. The normalized spacial score (nSPS) is 12.4. The topological polar surface area (TPSA) is 77.0 Å². The molecule has 0 saturated carbocycles. The van der Waals surface area contributed by atoms with Crippen molar-refractivity contribution in [2.75, 3.05) is 5.73 Å². The van der Waals surface area contributed by atoms with Crippen molar-refractivity contribution >= 4 is 5.82 Å². The van der Waals surface area contributed by atoms with Gasteiger partial charge in [-0.3, -0.25) is 11.3 Å². The molecule has 0 fully saturated rings. The van der Waals surface area contributed by atoms with Gasteiger partial charge in [0.05, 0.1) is 6.04 Å². The molecule has 2 rings (SSSR count). The highest BCUT2D eigenvalue weighted by Crippen LogP contribution is 2.21. The lowest BCUT2D eigenvalue weighted by atomic mass is 9.99. The zero-order valence-electron chi connectivity index (χ0n) is 10.1. The summed E-state index contributed by atoms with van der Waals surface area (Å²) in [5.74, 6) is 4.53. The van der Waals surface area contributed by atoms with E-state index in [1.807, 2.05) is 0 Å². The van der Waals surface area contributed by atoms with Crippen LogP contribution in [0.25, 0.3) is 0 Å². The van der Waals surface area contributed by atoms with Crippen LogP contribution in [0.1, 0.15) is 17.2 Å². The van der Waals surface area contributed by atoms with Crippen molar-refractivity contribution in [3.63, 3.8) is 0 Å². The molecule has 5 N–H and O–H groups in total. The van der Waals surface area contributed by atoms with E-state index in [0.29, 0.717) is 17.8 Å². The smallest absolute Gasteiger partial charge is 0.126 e. The van der Waals surface area contributed by atoms with Gasteiger partial charge in [-0.1, -0.05) is 6.07 Å². The first-order chi connectivity index (χ1) is 9.10. The number of pyridine rings is 1. The summed E-state index contributed by atoms with van der Waals surface area (Å²) in [5.41, 5.74) is 9.44. The van der Waals surface area contributed by atoms with Crippen molar-refractivity contribution in [3.8, 4) is 0 Å². The fourth-order valence-corrected chi connectivity index (χ4v) is 1.89. The van der Waals surface area contributed by atoms with Crippen molar-refractivity contribution in [1.29, 1.82) is 0 Å². The highest BCUT2D eigenvalue weighted by atomic mass is 19.1. The first-order valence-electron chi connectivity index (χ1n) is 5.71. The van der Waals surface area contributed by atoms with Gasteiger partial charge in [-0.2, -0.15) is 0 Å². The molecule has 0 bridgehead atoms. The maximum absolute atomic E-state index is 13.2. The summed E-state index contributed by atoms with van der Waals surface area (Å²) in [5, 5.41) is 0. The summed E-state index contributed by atoms with van der Waals surface area (Å²) in [6.45, 7) is 0. The van der Waals surface area contributed by atoms with Crippen molar-refractivity contribution in [2.45, 2.75) is 12.5 Å². The van der Waals surface area contributed by atoms with Gasteiger partial charge < -0.3 is 5.73 Å². The van der Waals surface area contributed by atoms with Gasteiger partial charge in [0.1, 0.15) is 17.5 Å². The Morgan fingerprint density at radius 2 is 1.89 bits per heavy atom. The predicted molar refractivity (Wildman–Crippen MR) is 68.8 cm³/mol. The SMILES string of the molecule is NNC(Cc1cccnc1N)c1cc(F)cc(F)c1. The molecule has 0 radical (unpaired) electrons. The first-order valence-corrected chi connectivity index (χ1v) is 5.71. The highest BCUT2D eigenvalue weighted by Gasteiger charge is 2.14. The predicted octanol–water partition coefficient (Wildman–Crippen LogP) is 1.69. The monoisotopic (exact) mass is 264 g/mol. The second-order valence-electron chi connectivity index (χ2n) is 4.17. The van der Waals surface area contributed by atoms with Crippen LogP contribution < -0.4 is 17.0 Å². The number of nitrogens with two attached hydrogens (primary N) is 2. The summed E-state index contributed by atoms with van der Waals surface area (Å²) in [6.07, 6.45) is 1.96. The third kappa shape index (κ3) is 3.24. The maximum Gasteiger partial charge on any atom is 0.126 e. The van der Waals surface area contributed by atoms with Gasteiger partial charge in [-0.15, -0.1) is 0 Å². The number of aromatic nitrogens is 1. The third-order valence-electron chi connectivity index (χ3n) is 2.84. The molecular weight excluding hydrogens is 250 g/mol. The van der Waals surface area contributed by atoms with Crippen LogP contribution in [0, 0.1) is 11.6 Å². The van der Waals surface area contributed by atoms with Crippen molar-refractivity contribution in [3.05, 3.63) is 59.3 Å². The molecule has 0 spiro atoms. The number of nitrogens with zero attached hydrogens (tertiary/aromatic N) is 1. The van der Waals surface area contributed by atoms with Gasteiger partial charge in [0, 0.05) is 12.3 Å². The lowest BCUT2D eigenvalue weighted by Crippen LogP contribution is -2.30. The number of nitrogen functional groups attached to an aromatic ring is 1. The van der Waals surface area contributed by atoms with E-state index in [2.05, 4.69) is 10.4 Å². The van der Waals surface area contributed by atoms with E-state index in [9.17, 15) is 8.78 Å². The molecule has 0 aliphatic rings. The fourth-order valence-electron chi connectivity index (χ4n) is 1.89. The van der Waals surface area contributed by atoms with Gasteiger partial charge >= 0.3 is 0 Å².